The quantitative estimate of drug-likeness (QED) is 0.807. The van der Waals surface area contributed by atoms with E-state index in [9.17, 15) is 4.79 Å². The van der Waals surface area contributed by atoms with Gasteiger partial charge in [0.25, 0.3) is 5.56 Å². The molecule has 3 nitrogen and oxygen atoms in total. The molecule has 1 aromatic heterocycles. The van der Waals surface area contributed by atoms with Gasteiger partial charge in [-0.25, -0.2) is 0 Å². The van der Waals surface area contributed by atoms with Crippen LogP contribution in [0.1, 0.15) is 0 Å². The van der Waals surface area contributed by atoms with Crippen LogP contribution in [0, 0.1) is 0 Å². The average Bonchev–Trinajstić information content (AvgIpc) is 2.27. The zero-order valence-corrected chi connectivity index (χ0v) is 9.86. The molecule has 0 saturated carbocycles. The minimum atomic E-state index is -0.270. The highest BCUT2D eigenvalue weighted by Gasteiger charge is 2.07. The number of hydrogen-bond donors (Lipinski definition) is 0. The summed E-state index contributed by atoms with van der Waals surface area (Å²) in [6.07, 6.45) is 1.43. The predicted octanol–water partition coefficient (Wildman–Crippen LogP) is 2.65. The first-order valence-corrected chi connectivity index (χ1v) is 5.36. The molecule has 0 aliphatic carbocycles. The lowest BCUT2D eigenvalue weighted by Gasteiger charge is -2.04. The van der Waals surface area contributed by atoms with Crippen molar-refractivity contribution in [2.45, 2.75) is 0 Å². The van der Waals surface area contributed by atoms with E-state index in [2.05, 4.69) is 21.0 Å². The molecule has 0 aliphatic heterocycles. The van der Waals surface area contributed by atoms with E-state index in [1.807, 2.05) is 18.2 Å². The van der Waals surface area contributed by atoms with Crippen molar-refractivity contribution in [3.63, 3.8) is 0 Å². The van der Waals surface area contributed by atoms with Gasteiger partial charge in [-0.2, -0.15) is 9.78 Å². The summed E-state index contributed by atoms with van der Waals surface area (Å²) in [5.74, 6) is 0. The number of para-hydroxylation sites is 1. The molecule has 5 heteroatoms. The number of rotatable bonds is 1. The van der Waals surface area contributed by atoms with E-state index in [0.29, 0.717) is 15.2 Å². The lowest BCUT2D eigenvalue weighted by molar-refractivity contribution is 0.801. The Balaban J connectivity index is 2.66. The van der Waals surface area contributed by atoms with E-state index in [1.54, 1.807) is 12.1 Å². The second-order valence-electron chi connectivity index (χ2n) is 2.86. The van der Waals surface area contributed by atoms with Gasteiger partial charge in [0, 0.05) is 0 Å². The summed E-state index contributed by atoms with van der Waals surface area (Å²) in [6.45, 7) is 0. The fourth-order valence-electron chi connectivity index (χ4n) is 1.17. The van der Waals surface area contributed by atoms with Crippen molar-refractivity contribution >= 4 is 27.5 Å². The van der Waals surface area contributed by atoms with Crippen LogP contribution in [0.5, 0.6) is 0 Å². The zero-order valence-electron chi connectivity index (χ0n) is 7.52. The van der Waals surface area contributed by atoms with Gasteiger partial charge in [0.15, 0.2) is 0 Å². The fourth-order valence-corrected chi connectivity index (χ4v) is 1.56. The Labute approximate surface area is 99.4 Å². The minimum Gasteiger partial charge on any atom is -0.266 e. The second-order valence-corrected chi connectivity index (χ2v) is 4.06. The molecule has 2 aromatic rings. The third kappa shape index (κ3) is 1.96. The highest BCUT2D eigenvalue weighted by Crippen LogP contribution is 2.16. The summed E-state index contributed by atoms with van der Waals surface area (Å²) in [5, 5.41) is 4.26. The Hall–Kier alpha value is -1.13. The van der Waals surface area contributed by atoms with Gasteiger partial charge in [-0.15, -0.1) is 0 Å². The predicted molar refractivity (Wildman–Crippen MR) is 62.5 cm³/mol. The standard InChI is InChI=1S/C10H6BrClN2O/c11-9-8(12)6-13-14(10(9)15)7-4-2-1-3-5-7/h1-6H. The minimum absolute atomic E-state index is 0.270. The molecule has 1 heterocycles. The van der Waals surface area contributed by atoms with Gasteiger partial charge in [-0.05, 0) is 28.1 Å². The summed E-state index contributed by atoms with van der Waals surface area (Å²) < 4.78 is 1.61. The van der Waals surface area contributed by atoms with Crippen molar-refractivity contribution in [1.82, 2.24) is 9.78 Å². The molecular formula is C10H6BrClN2O. The van der Waals surface area contributed by atoms with E-state index in [1.165, 1.54) is 10.9 Å². The molecule has 0 atom stereocenters. The number of aromatic nitrogens is 2. The first-order valence-electron chi connectivity index (χ1n) is 4.19. The van der Waals surface area contributed by atoms with Gasteiger partial charge in [-0.3, -0.25) is 4.79 Å². The van der Waals surface area contributed by atoms with Gasteiger partial charge in [0.05, 0.1) is 16.9 Å². The van der Waals surface area contributed by atoms with E-state index < -0.39 is 0 Å². The first kappa shape index (κ1) is 10.4. The molecule has 0 aliphatic rings. The maximum Gasteiger partial charge on any atom is 0.287 e. The second kappa shape index (κ2) is 4.16. The molecule has 0 radical (unpaired) electrons. The number of halogens is 2. The van der Waals surface area contributed by atoms with Crippen molar-refractivity contribution in [3.05, 3.63) is 56.4 Å². The van der Waals surface area contributed by atoms with E-state index in [-0.39, 0.29) is 5.56 Å². The number of hydrogen-bond acceptors (Lipinski definition) is 2. The first-order chi connectivity index (χ1) is 7.20. The summed E-state index contributed by atoms with van der Waals surface area (Å²) in [4.78, 5) is 11.8. The van der Waals surface area contributed by atoms with Crippen LogP contribution in [0.3, 0.4) is 0 Å². The highest BCUT2D eigenvalue weighted by atomic mass is 79.9. The average molecular weight is 286 g/mol. The number of nitrogens with zero attached hydrogens (tertiary/aromatic N) is 2. The molecule has 0 bridgehead atoms. The maximum absolute atomic E-state index is 11.8. The summed E-state index contributed by atoms with van der Waals surface area (Å²) >= 11 is 8.87. The van der Waals surface area contributed by atoms with Crippen LogP contribution < -0.4 is 5.56 Å². The molecule has 2 rings (SSSR count). The van der Waals surface area contributed by atoms with Gasteiger partial charge in [0.1, 0.15) is 4.47 Å². The van der Waals surface area contributed by atoms with Crippen LogP contribution in [-0.2, 0) is 0 Å². The summed E-state index contributed by atoms with van der Waals surface area (Å²) in [7, 11) is 0. The molecule has 0 saturated heterocycles. The zero-order chi connectivity index (χ0) is 10.8. The monoisotopic (exact) mass is 284 g/mol. The van der Waals surface area contributed by atoms with Crippen LogP contribution in [0.25, 0.3) is 5.69 Å². The third-order valence-electron chi connectivity index (χ3n) is 1.88. The molecule has 0 N–H and O–H groups in total. The lowest BCUT2D eigenvalue weighted by Crippen LogP contribution is -2.21. The van der Waals surface area contributed by atoms with Gasteiger partial charge < -0.3 is 0 Å². The molecule has 0 amide bonds. The van der Waals surface area contributed by atoms with Gasteiger partial charge in [0.2, 0.25) is 0 Å². The Bertz CT molecular complexity index is 539. The van der Waals surface area contributed by atoms with E-state index in [0.717, 1.165) is 0 Å². The van der Waals surface area contributed by atoms with Gasteiger partial charge >= 0.3 is 0 Å². The Morgan fingerprint density at radius 2 is 1.93 bits per heavy atom. The number of benzene rings is 1. The molecule has 0 spiro atoms. The molecular weight excluding hydrogens is 279 g/mol. The van der Waals surface area contributed by atoms with Crippen molar-refractivity contribution in [2.24, 2.45) is 0 Å². The molecule has 1 aromatic carbocycles. The van der Waals surface area contributed by atoms with Crippen molar-refractivity contribution < 1.29 is 0 Å². The fraction of sp³-hybridized carbons (Fsp3) is 0. The smallest absolute Gasteiger partial charge is 0.266 e. The third-order valence-corrected chi connectivity index (χ3v) is 3.16. The highest BCUT2D eigenvalue weighted by molar-refractivity contribution is 9.10. The van der Waals surface area contributed by atoms with E-state index >= 15 is 0 Å². The molecule has 0 fully saturated rings. The van der Waals surface area contributed by atoms with E-state index in [4.69, 9.17) is 11.6 Å². The maximum atomic E-state index is 11.8. The normalized spacial score (nSPS) is 10.3. The Kier molecular flexibility index (Phi) is 2.88. The summed E-state index contributed by atoms with van der Waals surface area (Å²) in [6, 6.07) is 9.15. The van der Waals surface area contributed by atoms with Gasteiger partial charge in [-0.1, -0.05) is 29.8 Å². The van der Waals surface area contributed by atoms with Crippen LogP contribution >= 0.6 is 27.5 Å². The van der Waals surface area contributed by atoms with Crippen LogP contribution in [-0.4, -0.2) is 9.78 Å². The van der Waals surface area contributed by atoms with Crippen molar-refractivity contribution in [2.75, 3.05) is 0 Å². The SMILES string of the molecule is O=c1c(Br)c(Cl)cnn1-c1ccccc1. The topological polar surface area (TPSA) is 34.9 Å². The molecule has 76 valence electrons. The lowest BCUT2D eigenvalue weighted by atomic mass is 10.3. The van der Waals surface area contributed by atoms with Crippen LogP contribution in [0.4, 0.5) is 0 Å². The largest absolute Gasteiger partial charge is 0.287 e. The van der Waals surface area contributed by atoms with Crippen molar-refractivity contribution in [1.29, 1.82) is 0 Å². The van der Waals surface area contributed by atoms with Crippen molar-refractivity contribution in [3.8, 4) is 5.69 Å². The molecule has 15 heavy (non-hydrogen) atoms. The summed E-state index contributed by atoms with van der Waals surface area (Å²) in [5.41, 5.74) is 0.438. The Morgan fingerprint density at radius 1 is 1.27 bits per heavy atom. The molecule has 0 unspecified atom stereocenters. The van der Waals surface area contributed by atoms with Crippen LogP contribution in [0.15, 0.2) is 45.8 Å². The van der Waals surface area contributed by atoms with Crippen LogP contribution in [0.2, 0.25) is 5.02 Å². The Morgan fingerprint density at radius 3 is 2.60 bits per heavy atom.